The lowest BCUT2D eigenvalue weighted by atomic mass is 10.1. The Labute approximate surface area is 172 Å². The highest BCUT2D eigenvalue weighted by Crippen LogP contribution is 2.35. The molecule has 0 aliphatic carbocycles. The van der Waals surface area contributed by atoms with E-state index in [-0.39, 0.29) is 15.6 Å². The number of alkyl halides is 3. The van der Waals surface area contributed by atoms with E-state index in [2.05, 4.69) is 4.98 Å². The van der Waals surface area contributed by atoms with Gasteiger partial charge in [-0.15, -0.1) is 0 Å². The molecule has 1 N–H and O–H groups in total. The largest absolute Gasteiger partial charge is 0.418 e. The normalized spacial score (nSPS) is 12.0. The second-order valence-corrected chi connectivity index (χ2v) is 8.14. The first-order valence-corrected chi connectivity index (χ1v) is 9.97. The number of amides is 1. The Morgan fingerprint density at radius 1 is 1.07 bits per heavy atom. The van der Waals surface area contributed by atoms with Crippen molar-refractivity contribution in [3.05, 3.63) is 76.3 Å². The van der Waals surface area contributed by atoms with Gasteiger partial charge in [-0.3, -0.25) is 9.36 Å². The molecule has 1 heterocycles. The van der Waals surface area contributed by atoms with Gasteiger partial charge in [0.05, 0.1) is 16.1 Å². The highest BCUT2D eigenvalue weighted by molar-refractivity contribution is 7.90. The summed E-state index contributed by atoms with van der Waals surface area (Å²) in [6, 6.07) is 9.68. The monoisotopic (exact) mass is 463 g/mol. The molecule has 152 valence electrons. The molecule has 1 aromatic heterocycles. The predicted octanol–water partition coefficient (Wildman–Crippen LogP) is 4.32. The average Bonchev–Trinajstić information content (AvgIpc) is 3.02. The quantitative estimate of drug-likeness (QED) is 0.624. The maximum Gasteiger partial charge on any atom is 0.418 e. The number of nitrogens with one attached hydrogen (secondary N) is 1. The fourth-order valence-corrected chi connectivity index (χ4v) is 3.96. The molecule has 0 fully saturated rings. The highest BCUT2D eigenvalue weighted by Gasteiger charge is 2.34. The summed E-state index contributed by atoms with van der Waals surface area (Å²) in [5.41, 5.74) is -1.93. The lowest BCUT2D eigenvalue weighted by molar-refractivity contribution is -0.137. The van der Waals surface area contributed by atoms with Crippen molar-refractivity contribution in [3.8, 4) is 5.69 Å². The number of halogens is 5. The number of imidazole rings is 1. The van der Waals surface area contributed by atoms with Crippen LogP contribution in [-0.2, 0) is 16.2 Å². The number of benzene rings is 2. The number of sulfonamides is 1. The Morgan fingerprint density at radius 2 is 1.76 bits per heavy atom. The molecule has 0 atom stereocenters. The number of carbonyl (C=O) groups is 1. The van der Waals surface area contributed by atoms with Crippen LogP contribution in [0.15, 0.2) is 59.8 Å². The Bertz CT molecular complexity index is 1190. The minimum Gasteiger partial charge on any atom is -0.288 e. The Kier molecular flexibility index (Phi) is 5.61. The standard InChI is InChI=1S/C17H10Cl2F3N3O3S/c18-10-4-3-5-11(8-10)29(27,28)24-16(26)14-15(19)25(9-23-14)13-7-2-1-6-12(13)17(20,21)22/h1-9H,(H,24,26). The molecule has 12 heteroatoms. The number of hydrogen-bond acceptors (Lipinski definition) is 4. The summed E-state index contributed by atoms with van der Waals surface area (Å²) in [4.78, 5) is 15.8. The summed E-state index contributed by atoms with van der Waals surface area (Å²) in [7, 11) is -4.31. The van der Waals surface area contributed by atoms with Crippen LogP contribution in [0.4, 0.5) is 13.2 Å². The molecule has 0 saturated carbocycles. The fraction of sp³-hybridized carbons (Fsp3) is 0.0588. The number of carbonyl (C=O) groups excluding carboxylic acids is 1. The van der Waals surface area contributed by atoms with Gasteiger partial charge in [-0.2, -0.15) is 13.2 Å². The van der Waals surface area contributed by atoms with Gasteiger partial charge in [0.25, 0.3) is 15.9 Å². The molecule has 0 bridgehead atoms. The van der Waals surface area contributed by atoms with Crippen molar-refractivity contribution in [3.63, 3.8) is 0 Å². The zero-order valence-corrected chi connectivity index (χ0v) is 16.4. The van der Waals surface area contributed by atoms with E-state index >= 15 is 0 Å². The summed E-state index contributed by atoms with van der Waals surface area (Å²) < 4.78 is 66.9. The van der Waals surface area contributed by atoms with Crippen LogP contribution in [0.3, 0.4) is 0 Å². The molecule has 3 rings (SSSR count). The highest BCUT2D eigenvalue weighted by atomic mass is 35.5. The van der Waals surface area contributed by atoms with Gasteiger partial charge in [0, 0.05) is 5.02 Å². The molecule has 2 aromatic carbocycles. The minimum atomic E-state index is -4.68. The molecule has 6 nitrogen and oxygen atoms in total. The smallest absolute Gasteiger partial charge is 0.288 e. The zero-order valence-electron chi connectivity index (χ0n) is 14.1. The van der Waals surface area contributed by atoms with Gasteiger partial charge in [-0.25, -0.2) is 18.1 Å². The molecule has 0 unspecified atom stereocenters. The van der Waals surface area contributed by atoms with Crippen LogP contribution in [0.25, 0.3) is 5.69 Å². The lowest BCUT2D eigenvalue weighted by Crippen LogP contribution is -2.31. The summed E-state index contributed by atoms with van der Waals surface area (Å²) in [6.07, 6.45) is -3.78. The molecular formula is C17H10Cl2F3N3O3S. The summed E-state index contributed by atoms with van der Waals surface area (Å²) >= 11 is 11.8. The van der Waals surface area contributed by atoms with Crippen LogP contribution in [0, 0.1) is 0 Å². The van der Waals surface area contributed by atoms with E-state index in [1.807, 2.05) is 0 Å². The minimum absolute atomic E-state index is 0.131. The van der Waals surface area contributed by atoms with Crippen LogP contribution in [0.5, 0.6) is 0 Å². The van der Waals surface area contributed by atoms with E-state index in [9.17, 15) is 26.4 Å². The van der Waals surface area contributed by atoms with Gasteiger partial charge in [0.15, 0.2) is 5.69 Å². The summed E-state index contributed by atoms with van der Waals surface area (Å²) in [5.74, 6) is -1.21. The van der Waals surface area contributed by atoms with Crippen molar-refractivity contribution in [2.24, 2.45) is 0 Å². The van der Waals surface area contributed by atoms with Crippen LogP contribution >= 0.6 is 23.2 Å². The Hall–Kier alpha value is -2.56. The molecular weight excluding hydrogens is 454 g/mol. The van der Waals surface area contributed by atoms with Crippen molar-refractivity contribution in [2.75, 3.05) is 0 Å². The van der Waals surface area contributed by atoms with Gasteiger partial charge in [-0.05, 0) is 30.3 Å². The first-order valence-electron chi connectivity index (χ1n) is 7.73. The molecule has 0 aliphatic heterocycles. The van der Waals surface area contributed by atoms with E-state index in [0.717, 1.165) is 29.1 Å². The topological polar surface area (TPSA) is 81.1 Å². The summed E-state index contributed by atoms with van der Waals surface area (Å²) in [5, 5.41) is -0.355. The maximum absolute atomic E-state index is 13.2. The van der Waals surface area contributed by atoms with Crippen molar-refractivity contribution < 1.29 is 26.4 Å². The number of para-hydroxylation sites is 1. The second-order valence-electron chi connectivity index (χ2n) is 5.66. The Morgan fingerprint density at radius 3 is 2.41 bits per heavy atom. The molecule has 29 heavy (non-hydrogen) atoms. The maximum atomic E-state index is 13.2. The average molecular weight is 464 g/mol. The van der Waals surface area contributed by atoms with Gasteiger partial charge >= 0.3 is 6.18 Å². The van der Waals surface area contributed by atoms with Crippen LogP contribution < -0.4 is 4.72 Å². The molecule has 0 spiro atoms. The van der Waals surface area contributed by atoms with Crippen molar-refractivity contribution in [1.29, 1.82) is 0 Å². The number of hydrogen-bond donors (Lipinski definition) is 1. The van der Waals surface area contributed by atoms with Gasteiger partial charge in [-0.1, -0.05) is 41.4 Å². The predicted molar refractivity (Wildman–Crippen MR) is 99.7 cm³/mol. The first-order chi connectivity index (χ1) is 13.5. The third-order valence-electron chi connectivity index (χ3n) is 3.73. The van der Waals surface area contributed by atoms with E-state index < -0.39 is 38.5 Å². The van der Waals surface area contributed by atoms with Crippen molar-refractivity contribution >= 4 is 39.1 Å². The molecule has 1 amide bonds. The van der Waals surface area contributed by atoms with Crippen LogP contribution in [0.2, 0.25) is 10.2 Å². The third-order valence-corrected chi connectivity index (χ3v) is 5.65. The van der Waals surface area contributed by atoms with Gasteiger partial charge in [0.1, 0.15) is 11.5 Å². The zero-order chi connectivity index (χ0) is 21.4. The fourth-order valence-electron chi connectivity index (χ4n) is 2.44. The molecule has 0 aliphatic rings. The van der Waals surface area contributed by atoms with E-state index in [4.69, 9.17) is 23.2 Å². The summed E-state index contributed by atoms with van der Waals surface area (Å²) in [6.45, 7) is 0. The molecule has 0 radical (unpaired) electrons. The van der Waals surface area contributed by atoms with Crippen molar-refractivity contribution in [1.82, 2.24) is 14.3 Å². The molecule has 3 aromatic rings. The second kappa shape index (κ2) is 7.69. The number of aromatic nitrogens is 2. The van der Waals surface area contributed by atoms with Gasteiger partial charge < -0.3 is 0 Å². The first kappa shape index (κ1) is 21.2. The van der Waals surface area contributed by atoms with Gasteiger partial charge in [0.2, 0.25) is 0 Å². The molecule has 0 saturated heterocycles. The van der Waals surface area contributed by atoms with Crippen LogP contribution in [-0.4, -0.2) is 23.9 Å². The number of nitrogens with zero attached hydrogens (tertiary/aromatic N) is 2. The van der Waals surface area contributed by atoms with Crippen molar-refractivity contribution in [2.45, 2.75) is 11.1 Å². The SMILES string of the molecule is O=C(NS(=O)(=O)c1cccc(Cl)c1)c1ncn(-c2ccccc2C(F)(F)F)c1Cl. The third kappa shape index (κ3) is 4.39. The Balaban J connectivity index is 1.96. The van der Waals surface area contributed by atoms with E-state index in [1.165, 1.54) is 30.3 Å². The van der Waals surface area contributed by atoms with Crippen LogP contribution in [0.1, 0.15) is 16.1 Å². The van der Waals surface area contributed by atoms with E-state index in [0.29, 0.717) is 0 Å². The number of rotatable bonds is 4. The lowest BCUT2D eigenvalue weighted by Gasteiger charge is -2.13. The van der Waals surface area contributed by atoms with E-state index in [1.54, 1.807) is 4.72 Å².